The summed E-state index contributed by atoms with van der Waals surface area (Å²) in [4.78, 5) is 11.6. The highest BCUT2D eigenvalue weighted by atomic mass is 16.3. The van der Waals surface area contributed by atoms with E-state index in [0.717, 1.165) is 13.0 Å². The molecule has 0 heterocycles. The first-order valence-corrected chi connectivity index (χ1v) is 10.4. The molecule has 3 N–H and O–H groups in total. The van der Waals surface area contributed by atoms with E-state index >= 15 is 0 Å². The van der Waals surface area contributed by atoms with Gasteiger partial charge in [0.05, 0.1) is 6.61 Å². The van der Waals surface area contributed by atoms with Crippen LogP contribution in [0, 0.1) is 0 Å². The lowest BCUT2D eigenvalue weighted by Gasteiger charge is -2.06. The van der Waals surface area contributed by atoms with E-state index in [4.69, 9.17) is 5.11 Å². The molecule has 0 saturated carbocycles. The SMILES string of the molecule is CCCCCCCCCCCCCCCC(=O)NCCNCCO. The normalized spacial score (nSPS) is 10.9. The van der Waals surface area contributed by atoms with Crippen LogP contribution in [0.4, 0.5) is 0 Å². The first-order valence-electron chi connectivity index (χ1n) is 10.4. The van der Waals surface area contributed by atoms with Crippen LogP contribution in [-0.4, -0.2) is 37.3 Å². The number of aliphatic hydroxyl groups excluding tert-OH is 1. The lowest BCUT2D eigenvalue weighted by molar-refractivity contribution is -0.121. The van der Waals surface area contributed by atoms with Gasteiger partial charge in [-0.1, -0.05) is 84.0 Å². The molecule has 0 aromatic rings. The molecule has 0 aliphatic rings. The van der Waals surface area contributed by atoms with Gasteiger partial charge in [0.1, 0.15) is 0 Å². The third kappa shape index (κ3) is 19.4. The predicted molar refractivity (Wildman–Crippen MR) is 103 cm³/mol. The van der Waals surface area contributed by atoms with Gasteiger partial charge >= 0.3 is 0 Å². The van der Waals surface area contributed by atoms with E-state index in [1.54, 1.807) is 0 Å². The number of nitrogens with one attached hydrogen (secondary N) is 2. The van der Waals surface area contributed by atoms with Gasteiger partial charge < -0.3 is 15.7 Å². The molecular formula is C20H42N2O2. The van der Waals surface area contributed by atoms with Crippen molar-refractivity contribution in [3.05, 3.63) is 0 Å². The minimum Gasteiger partial charge on any atom is -0.395 e. The summed E-state index contributed by atoms with van der Waals surface area (Å²) in [6, 6.07) is 0. The molecule has 0 saturated heterocycles. The zero-order valence-corrected chi connectivity index (χ0v) is 16.1. The molecule has 1 amide bonds. The fourth-order valence-electron chi connectivity index (χ4n) is 2.89. The Bertz CT molecular complexity index is 260. The summed E-state index contributed by atoms with van der Waals surface area (Å²) in [5, 5.41) is 14.6. The third-order valence-electron chi connectivity index (χ3n) is 4.42. The smallest absolute Gasteiger partial charge is 0.220 e. The number of aliphatic hydroxyl groups is 1. The van der Waals surface area contributed by atoms with Crippen molar-refractivity contribution in [2.75, 3.05) is 26.2 Å². The fraction of sp³-hybridized carbons (Fsp3) is 0.950. The van der Waals surface area contributed by atoms with E-state index in [0.29, 0.717) is 19.5 Å². The van der Waals surface area contributed by atoms with Gasteiger partial charge in [-0.05, 0) is 6.42 Å². The van der Waals surface area contributed by atoms with E-state index in [1.807, 2.05) is 0 Å². The van der Waals surface area contributed by atoms with E-state index < -0.39 is 0 Å². The number of unbranched alkanes of at least 4 members (excludes halogenated alkanes) is 12. The molecule has 0 rings (SSSR count). The summed E-state index contributed by atoms with van der Waals surface area (Å²) in [6.45, 7) is 4.38. The molecule has 4 heteroatoms. The van der Waals surface area contributed by atoms with E-state index in [2.05, 4.69) is 17.6 Å². The van der Waals surface area contributed by atoms with Crippen molar-refractivity contribution >= 4 is 5.91 Å². The standard InChI is InChI=1S/C20H42N2O2/c1-2-3-4-5-6-7-8-9-10-11-12-13-14-15-20(24)22-17-16-21-18-19-23/h21,23H,2-19H2,1H3,(H,22,24). The Morgan fingerprint density at radius 3 is 1.71 bits per heavy atom. The summed E-state index contributed by atoms with van der Waals surface area (Å²) in [6.07, 6.45) is 18.0. The van der Waals surface area contributed by atoms with Crippen LogP contribution in [0.3, 0.4) is 0 Å². The summed E-state index contributed by atoms with van der Waals surface area (Å²) in [5.41, 5.74) is 0. The Morgan fingerprint density at radius 2 is 1.21 bits per heavy atom. The molecule has 0 aromatic heterocycles. The van der Waals surface area contributed by atoms with Crippen LogP contribution < -0.4 is 10.6 Å². The van der Waals surface area contributed by atoms with Crippen LogP contribution in [0.1, 0.15) is 96.8 Å². The largest absolute Gasteiger partial charge is 0.395 e. The Labute approximate surface area is 150 Å². The van der Waals surface area contributed by atoms with Crippen molar-refractivity contribution in [2.24, 2.45) is 0 Å². The number of carbonyl (C=O) groups excluding carboxylic acids is 1. The van der Waals surface area contributed by atoms with Crippen molar-refractivity contribution in [1.29, 1.82) is 0 Å². The van der Waals surface area contributed by atoms with Gasteiger partial charge in [0, 0.05) is 26.1 Å². The molecule has 0 aliphatic carbocycles. The maximum absolute atomic E-state index is 11.6. The monoisotopic (exact) mass is 342 g/mol. The maximum Gasteiger partial charge on any atom is 0.220 e. The highest BCUT2D eigenvalue weighted by Crippen LogP contribution is 2.12. The number of amides is 1. The number of carbonyl (C=O) groups is 1. The van der Waals surface area contributed by atoms with Crippen LogP contribution in [-0.2, 0) is 4.79 Å². The Morgan fingerprint density at radius 1 is 0.708 bits per heavy atom. The van der Waals surface area contributed by atoms with Crippen molar-refractivity contribution < 1.29 is 9.90 Å². The fourth-order valence-corrected chi connectivity index (χ4v) is 2.89. The Kier molecular flexibility index (Phi) is 19.9. The summed E-state index contributed by atoms with van der Waals surface area (Å²) < 4.78 is 0. The van der Waals surface area contributed by atoms with Crippen LogP contribution in [0.2, 0.25) is 0 Å². The lowest BCUT2D eigenvalue weighted by atomic mass is 10.0. The minimum atomic E-state index is 0.146. The highest BCUT2D eigenvalue weighted by molar-refractivity contribution is 5.75. The zero-order chi connectivity index (χ0) is 17.7. The van der Waals surface area contributed by atoms with E-state index in [1.165, 1.54) is 77.0 Å². The van der Waals surface area contributed by atoms with E-state index in [9.17, 15) is 4.79 Å². The van der Waals surface area contributed by atoms with Crippen LogP contribution in [0.5, 0.6) is 0 Å². The quantitative estimate of drug-likeness (QED) is 0.309. The number of hydrogen-bond donors (Lipinski definition) is 3. The average Bonchev–Trinajstić information content (AvgIpc) is 2.59. The molecule has 24 heavy (non-hydrogen) atoms. The van der Waals surface area contributed by atoms with Crippen molar-refractivity contribution in [2.45, 2.75) is 96.8 Å². The topological polar surface area (TPSA) is 61.4 Å². The summed E-state index contributed by atoms with van der Waals surface area (Å²) in [7, 11) is 0. The Balaban J connectivity index is 3.10. The van der Waals surface area contributed by atoms with E-state index in [-0.39, 0.29) is 12.5 Å². The van der Waals surface area contributed by atoms with Gasteiger partial charge in [0.25, 0.3) is 0 Å². The summed E-state index contributed by atoms with van der Waals surface area (Å²) in [5.74, 6) is 0.156. The minimum absolute atomic E-state index is 0.146. The summed E-state index contributed by atoms with van der Waals surface area (Å²) >= 11 is 0. The van der Waals surface area contributed by atoms with Crippen LogP contribution in [0.25, 0.3) is 0 Å². The highest BCUT2D eigenvalue weighted by Gasteiger charge is 2.00. The zero-order valence-electron chi connectivity index (χ0n) is 16.1. The first kappa shape index (κ1) is 23.4. The molecule has 144 valence electrons. The average molecular weight is 343 g/mol. The van der Waals surface area contributed by atoms with Gasteiger partial charge in [0.2, 0.25) is 5.91 Å². The molecule has 0 fully saturated rings. The van der Waals surface area contributed by atoms with Crippen molar-refractivity contribution in [3.8, 4) is 0 Å². The third-order valence-corrected chi connectivity index (χ3v) is 4.42. The molecule has 0 bridgehead atoms. The number of hydrogen-bond acceptors (Lipinski definition) is 3. The van der Waals surface area contributed by atoms with Gasteiger partial charge in [-0.2, -0.15) is 0 Å². The van der Waals surface area contributed by atoms with Gasteiger partial charge in [-0.15, -0.1) is 0 Å². The Hall–Kier alpha value is -0.610. The first-order chi connectivity index (χ1) is 11.8. The molecule has 0 aromatic carbocycles. The van der Waals surface area contributed by atoms with Crippen molar-refractivity contribution in [3.63, 3.8) is 0 Å². The van der Waals surface area contributed by atoms with Gasteiger partial charge in [0.15, 0.2) is 0 Å². The van der Waals surface area contributed by atoms with Crippen LogP contribution in [0.15, 0.2) is 0 Å². The van der Waals surface area contributed by atoms with Crippen LogP contribution >= 0.6 is 0 Å². The maximum atomic E-state index is 11.6. The molecule has 0 atom stereocenters. The predicted octanol–water partition coefficient (Wildman–Crippen LogP) is 4.17. The second-order valence-electron chi connectivity index (χ2n) is 6.82. The second-order valence-corrected chi connectivity index (χ2v) is 6.82. The lowest BCUT2D eigenvalue weighted by Crippen LogP contribution is -2.32. The second kappa shape index (κ2) is 20.4. The molecule has 0 aliphatic heterocycles. The van der Waals surface area contributed by atoms with Gasteiger partial charge in [-0.25, -0.2) is 0 Å². The molecular weight excluding hydrogens is 300 g/mol. The van der Waals surface area contributed by atoms with Crippen molar-refractivity contribution in [1.82, 2.24) is 10.6 Å². The number of rotatable bonds is 19. The molecule has 4 nitrogen and oxygen atoms in total. The molecule has 0 unspecified atom stereocenters. The molecule has 0 radical (unpaired) electrons. The van der Waals surface area contributed by atoms with Gasteiger partial charge in [-0.3, -0.25) is 4.79 Å². The molecule has 0 spiro atoms.